The van der Waals surface area contributed by atoms with E-state index in [-0.39, 0.29) is 24.9 Å². The van der Waals surface area contributed by atoms with Gasteiger partial charge >= 0.3 is 5.97 Å². The fourth-order valence-electron chi connectivity index (χ4n) is 8.17. The van der Waals surface area contributed by atoms with Gasteiger partial charge in [-0.1, -0.05) is 259 Å². The molecule has 1 amide bonds. The van der Waals surface area contributed by atoms with E-state index in [9.17, 15) is 19.8 Å². The highest BCUT2D eigenvalue weighted by Gasteiger charge is 2.24. The van der Waals surface area contributed by atoms with Crippen LogP contribution in [0.1, 0.15) is 258 Å². The summed E-state index contributed by atoms with van der Waals surface area (Å²) in [6, 6.07) is -0.727. The third kappa shape index (κ3) is 49.2. The second-order valence-corrected chi connectivity index (χ2v) is 19.1. The number of aliphatic hydroxyl groups excluding tert-OH is 2. The largest absolute Gasteiger partial charge is 0.462 e. The SMILES string of the molecule is CCC/C=C/C=C/C=C/C=C/C=C/CCCCCC(CC(=O)NC(CO)C(O)CCCCCCCCCCCCCCCCCC)OC(=O)CCCCCC/C=C\C/C=C\C/C=C\CCCCC. The molecule has 6 nitrogen and oxygen atoms in total. The predicted octanol–water partition coefficient (Wildman–Crippen LogP) is 17.7. The number of hydrogen-bond acceptors (Lipinski definition) is 5. The summed E-state index contributed by atoms with van der Waals surface area (Å²) in [4.78, 5) is 26.3. The Morgan fingerprint density at radius 3 is 1.37 bits per heavy atom. The standard InChI is InChI=1S/C62H107NO5/c1-4-7-10-13-16-19-22-25-28-31-34-37-40-43-46-49-52-55-62(67)68-58(53-50-47-44-41-38-35-32-29-26-23-20-17-14-11-8-5-2)56-61(66)63-59(57-64)60(65)54-51-48-45-42-39-36-33-30-27-24-21-18-15-12-9-6-3/h11,14,16-17,19-20,23,25-26,28-29,32,34-35,37-38,58-60,64-65H,4-10,12-13,15,18,21-22,24,27,30-31,33,36,39-57H2,1-3H3,(H,63,66)/b14-11+,19-16-,20-17+,26-23+,28-25-,32-29+,37-34-,38-35+. The lowest BCUT2D eigenvalue weighted by Crippen LogP contribution is -2.46. The normalized spacial score (nSPS) is 13.9. The van der Waals surface area contributed by atoms with Gasteiger partial charge in [-0.3, -0.25) is 9.59 Å². The molecule has 0 bridgehead atoms. The molecule has 0 aromatic carbocycles. The molecule has 3 N–H and O–H groups in total. The average molecular weight is 947 g/mol. The molecular weight excluding hydrogens is 839 g/mol. The van der Waals surface area contributed by atoms with Gasteiger partial charge in [0.25, 0.3) is 0 Å². The molecule has 0 aliphatic heterocycles. The first kappa shape index (κ1) is 64.8. The van der Waals surface area contributed by atoms with Crippen molar-refractivity contribution >= 4 is 11.9 Å². The summed E-state index contributed by atoms with van der Waals surface area (Å²) >= 11 is 0. The smallest absolute Gasteiger partial charge is 0.306 e. The minimum atomic E-state index is -0.810. The Morgan fingerprint density at radius 1 is 0.441 bits per heavy atom. The summed E-state index contributed by atoms with van der Waals surface area (Å²) in [5.74, 6) is -0.543. The van der Waals surface area contributed by atoms with Crippen LogP contribution in [0, 0.1) is 0 Å². The zero-order valence-corrected chi connectivity index (χ0v) is 44.5. The van der Waals surface area contributed by atoms with Crippen molar-refractivity contribution in [2.45, 2.75) is 277 Å². The van der Waals surface area contributed by atoms with E-state index in [1.54, 1.807) is 0 Å². The molecule has 390 valence electrons. The van der Waals surface area contributed by atoms with Gasteiger partial charge in [0, 0.05) is 6.42 Å². The maximum absolute atomic E-state index is 13.3. The third-order valence-electron chi connectivity index (χ3n) is 12.5. The minimum Gasteiger partial charge on any atom is -0.462 e. The van der Waals surface area contributed by atoms with Gasteiger partial charge in [-0.2, -0.15) is 0 Å². The maximum atomic E-state index is 13.3. The molecule has 0 aliphatic carbocycles. The quantitative estimate of drug-likeness (QED) is 0.0244. The van der Waals surface area contributed by atoms with Crippen LogP contribution in [0.3, 0.4) is 0 Å². The van der Waals surface area contributed by atoms with Crippen molar-refractivity contribution in [3.8, 4) is 0 Å². The molecule has 0 aromatic heterocycles. The highest BCUT2D eigenvalue weighted by molar-refractivity contribution is 5.77. The number of nitrogens with one attached hydrogen (secondary N) is 1. The van der Waals surface area contributed by atoms with Crippen LogP contribution in [0.2, 0.25) is 0 Å². The van der Waals surface area contributed by atoms with Crippen molar-refractivity contribution in [3.63, 3.8) is 0 Å². The summed E-state index contributed by atoms with van der Waals surface area (Å²) in [5, 5.41) is 23.9. The summed E-state index contributed by atoms with van der Waals surface area (Å²) in [6.07, 6.45) is 73.2. The van der Waals surface area contributed by atoms with Gasteiger partial charge in [-0.25, -0.2) is 0 Å². The number of hydrogen-bond donors (Lipinski definition) is 3. The Bertz CT molecular complexity index is 1340. The highest BCUT2D eigenvalue weighted by atomic mass is 16.5. The van der Waals surface area contributed by atoms with E-state index >= 15 is 0 Å². The van der Waals surface area contributed by atoms with Gasteiger partial charge < -0.3 is 20.3 Å². The summed E-state index contributed by atoms with van der Waals surface area (Å²) in [5.41, 5.74) is 0. The Morgan fingerprint density at radius 2 is 0.838 bits per heavy atom. The molecule has 3 atom stereocenters. The average Bonchev–Trinajstić information content (AvgIpc) is 3.33. The molecule has 0 radical (unpaired) electrons. The lowest BCUT2D eigenvalue weighted by Gasteiger charge is -2.24. The van der Waals surface area contributed by atoms with E-state index in [0.717, 1.165) is 96.3 Å². The van der Waals surface area contributed by atoms with Crippen molar-refractivity contribution in [2.75, 3.05) is 6.61 Å². The lowest BCUT2D eigenvalue weighted by molar-refractivity contribution is -0.151. The number of ether oxygens (including phenoxy) is 1. The van der Waals surface area contributed by atoms with Gasteiger partial charge in [-0.05, 0) is 83.5 Å². The van der Waals surface area contributed by atoms with Gasteiger partial charge in [0.05, 0.1) is 25.2 Å². The van der Waals surface area contributed by atoms with E-state index in [1.165, 1.54) is 116 Å². The first-order chi connectivity index (χ1) is 33.5. The fraction of sp³-hybridized carbons (Fsp3) is 0.710. The Kier molecular flexibility index (Phi) is 52.1. The number of amides is 1. The van der Waals surface area contributed by atoms with E-state index < -0.39 is 18.2 Å². The summed E-state index contributed by atoms with van der Waals surface area (Å²) in [7, 11) is 0. The Balaban J connectivity index is 4.70. The topological polar surface area (TPSA) is 95.9 Å². The van der Waals surface area contributed by atoms with Crippen molar-refractivity contribution in [2.24, 2.45) is 0 Å². The van der Waals surface area contributed by atoms with E-state index in [1.807, 2.05) is 36.5 Å². The van der Waals surface area contributed by atoms with E-state index in [0.29, 0.717) is 19.3 Å². The van der Waals surface area contributed by atoms with Gasteiger partial charge in [0.15, 0.2) is 0 Å². The molecule has 0 aromatic rings. The molecule has 0 rings (SSSR count). The summed E-state index contributed by atoms with van der Waals surface area (Å²) < 4.78 is 5.93. The summed E-state index contributed by atoms with van der Waals surface area (Å²) in [6.45, 7) is 6.36. The Hall–Kier alpha value is -3.22. The molecule has 0 saturated carbocycles. The first-order valence-electron chi connectivity index (χ1n) is 28.5. The molecule has 0 aliphatic rings. The second-order valence-electron chi connectivity index (χ2n) is 19.1. The Labute approximate surface area is 420 Å². The van der Waals surface area contributed by atoms with Crippen LogP contribution in [0.4, 0.5) is 0 Å². The van der Waals surface area contributed by atoms with Crippen LogP contribution < -0.4 is 5.32 Å². The fourth-order valence-corrected chi connectivity index (χ4v) is 8.17. The van der Waals surface area contributed by atoms with E-state index in [2.05, 4.69) is 86.8 Å². The number of esters is 1. The van der Waals surface area contributed by atoms with Crippen LogP contribution >= 0.6 is 0 Å². The monoisotopic (exact) mass is 946 g/mol. The van der Waals surface area contributed by atoms with Crippen LogP contribution in [-0.4, -0.2) is 46.9 Å². The number of carbonyl (C=O) groups is 2. The number of aliphatic hydroxyl groups is 2. The number of carbonyl (C=O) groups excluding carboxylic acids is 2. The highest BCUT2D eigenvalue weighted by Crippen LogP contribution is 2.17. The van der Waals surface area contributed by atoms with Gasteiger partial charge in [0.1, 0.15) is 6.10 Å². The minimum absolute atomic E-state index is 0.0354. The van der Waals surface area contributed by atoms with Crippen LogP contribution in [0.25, 0.3) is 0 Å². The first-order valence-corrected chi connectivity index (χ1v) is 28.5. The second kappa shape index (κ2) is 54.7. The van der Waals surface area contributed by atoms with Crippen molar-refractivity contribution in [1.82, 2.24) is 5.32 Å². The molecular formula is C62H107NO5. The van der Waals surface area contributed by atoms with Crippen molar-refractivity contribution < 1.29 is 24.5 Å². The van der Waals surface area contributed by atoms with Crippen molar-refractivity contribution in [3.05, 3.63) is 97.2 Å². The number of unbranched alkanes of at least 4 members (excludes halogenated alkanes) is 26. The molecule has 3 unspecified atom stereocenters. The maximum Gasteiger partial charge on any atom is 0.306 e. The number of rotatable bonds is 50. The van der Waals surface area contributed by atoms with Crippen LogP contribution in [0.5, 0.6) is 0 Å². The van der Waals surface area contributed by atoms with Crippen LogP contribution in [-0.2, 0) is 14.3 Å². The van der Waals surface area contributed by atoms with Crippen LogP contribution in [0.15, 0.2) is 97.2 Å². The molecule has 6 heteroatoms. The zero-order valence-electron chi connectivity index (χ0n) is 44.5. The van der Waals surface area contributed by atoms with Gasteiger partial charge in [-0.15, -0.1) is 0 Å². The lowest BCUT2D eigenvalue weighted by atomic mass is 10.0. The molecule has 0 fully saturated rings. The molecule has 0 spiro atoms. The molecule has 0 saturated heterocycles. The van der Waals surface area contributed by atoms with Crippen molar-refractivity contribution in [1.29, 1.82) is 0 Å². The molecule has 0 heterocycles. The number of allylic oxidation sites excluding steroid dienone is 16. The zero-order chi connectivity index (χ0) is 49.5. The third-order valence-corrected chi connectivity index (χ3v) is 12.5. The van der Waals surface area contributed by atoms with Gasteiger partial charge in [0.2, 0.25) is 5.91 Å². The van der Waals surface area contributed by atoms with E-state index in [4.69, 9.17) is 4.74 Å². The molecule has 68 heavy (non-hydrogen) atoms. The predicted molar refractivity (Wildman–Crippen MR) is 296 cm³/mol.